The van der Waals surface area contributed by atoms with Gasteiger partial charge in [-0.1, -0.05) is 0 Å². The van der Waals surface area contributed by atoms with Crippen LogP contribution in [0.3, 0.4) is 0 Å². The van der Waals surface area contributed by atoms with Gasteiger partial charge >= 0.3 is 0 Å². The van der Waals surface area contributed by atoms with Gasteiger partial charge in [0.25, 0.3) is 0 Å². The Labute approximate surface area is 116 Å². The molecule has 2 heterocycles. The summed E-state index contributed by atoms with van der Waals surface area (Å²) in [5.74, 6) is 0.636. The summed E-state index contributed by atoms with van der Waals surface area (Å²) in [6, 6.07) is 4.88. The lowest BCUT2D eigenvalue weighted by Crippen LogP contribution is -2.27. The average molecular weight is 272 g/mol. The molecule has 1 aromatic heterocycles. The maximum atomic E-state index is 12.1. The van der Waals surface area contributed by atoms with E-state index in [1.54, 1.807) is 24.1 Å². The van der Waals surface area contributed by atoms with Crippen molar-refractivity contribution in [3.63, 3.8) is 0 Å². The van der Waals surface area contributed by atoms with E-state index >= 15 is 0 Å². The first-order valence-electron chi connectivity index (χ1n) is 6.44. The number of carbonyl (C=O) groups is 1. The smallest absolute Gasteiger partial charge is 0.246 e. The van der Waals surface area contributed by atoms with Crippen LogP contribution in [-0.2, 0) is 18.3 Å². The van der Waals surface area contributed by atoms with Crippen LogP contribution in [0.25, 0.3) is 0 Å². The van der Waals surface area contributed by atoms with Gasteiger partial charge in [-0.3, -0.25) is 9.48 Å². The number of nitrogens with one attached hydrogen (secondary N) is 1. The summed E-state index contributed by atoms with van der Waals surface area (Å²) in [6.45, 7) is 0.696. The van der Waals surface area contributed by atoms with Crippen LogP contribution in [-0.4, -0.2) is 22.3 Å². The van der Waals surface area contributed by atoms with Crippen LogP contribution in [0.1, 0.15) is 17.2 Å². The standard InChI is InChI=1S/C14H16N4O2/c1-18-8-10(7-16-18)13(15)14(19)17-11-2-3-12-9(6-11)4-5-20-12/h2-3,6-8,13H,4-5,15H2,1H3,(H,17,19). The minimum Gasteiger partial charge on any atom is -0.493 e. The number of hydrogen-bond donors (Lipinski definition) is 2. The Morgan fingerprint density at radius 2 is 2.40 bits per heavy atom. The van der Waals surface area contributed by atoms with E-state index in [0.717, 1.165) is 23.4 Å². The van der Waals surface area contributed by atoms with Crippen molar-refractivity contribution in [3.05, 3.63) is 41.7 Å². The predicted octanol–water partition coefficient (Wildman–Crippen LogP) is 0.993. The molecule has 0 saturated carbocycles. The van der Waals surface area contributed by atoms with Crippen LogP contribution in [0.4, 0.5) is 5.69 Å². The Morgan fingerprint density at radius 1 is 1.55 bits per heavy atom. The van der Waals surface area contributed by atoms with Crippen LogP contribution < -0.4 is 15.8 Å². The van der Waals surface area contributed by atoms with E-state index in [4.69, 9.17) is 10.5 Å². The Morgan fingerprint density at radius 3 is 3.15 bits per heavy atom. The monoisotopic (exact) mass is 272 g/mol. The van der Waals surface area contributed by atoms with Crippen molar-refractivity contribution >= 4 is 11.6 Å². The molecule has 0 aliphatic carbocycles. The molecule has 1 amide bonds. The first-order valence-corrected chi connectivity index (χ1v) is 6.44. The molecular formula is C14H16N4O2. The number of amides is 1. The number of fused-ring (bicyclic) bond motifs is 1. The first kappa shape index (κ1) is 12.7. The molecular weight excluding hydrogens is 256 g/mol. The van der Waals surface area contributed by atoms with Crippen LogP contribution in [0.15, 0.2) is 30.6 Å². The van der Waals surface area contributed by atoms with E-state index in [1.807, 2.05) is 18.2 Å². The fourth-order valence-electron chi connectivity index (χ4n) is 2.24. The number of anilines is 1. The molecule has 1 atom stereocenters. The third-order valence-corrected chi connectivity index (χ3v) is 3.32. The molecule has 1 aromatic carbocycles. The SMILES string of the molecule is Cn1cc(C(N)C(=O)Nc2ccc3c(c2)CCO3)cn1. The largest absolute Gasteiger partial charge is 0.493 e. The lowest BCUT2D eigenvalue weighted by molar-refractivity contribution is -0.117. The summed E-state index contributed by atoms with van der Waals surface area (Å²) in [5, 5.41) is 6.84. The van der Waals surface area contributed by atoms with E-state index in [2.05, 4.69) is 10.4 Å². The average Bonchev–Trinajstić information content (AvgIpc) is 3.05. The Kier molecular flexibility index (Phi) is 3.15. The van der Waals surface area contributed by atoms with Gasteiger partial charge < -0.3 is 15.8 Å². The zero-order valence-electron chi connectivity index (χ0n) is 11.2. The van der Waals surface area contributed by atoms with Crippen LogP contribution in [0.5, 0.6) is 5.75 Å². The van der Waals surface area contributed by atoms with E-state index in [1.165, 1.54) is 0 Å². The molecule has 0 spiro atoms. The van der Waals surface area contributed by atoms with E-state index < -0.39 is 6.04 Å². The van der Waals surface area contributed by atoms with Gasteiger partial charge in [0, 0.05) is 30.9 Å². The summed E-state index contributed by atoms with van der Waals surface area (Å²) in [6.07, 6.45) is 4.20. The Bertz CT molecular complexity index is 650. The molecule has 1 aliphatic heterocycles. The van der Waals surface area contributed by atoms with Crippen molar-refractivity contribution in [2.45, 2.75) is 12.5 Å². The summed E-state index contributed by atoms with van der Waals surface area (Å²) < 4.78 is 7.05. The van der Waals surface area contributed by atoms with Crippen molar-refractivity contribution in [3.8, 4) is 5.75 Å². The van der Waals surface area contributed by atoms with Gasteiger partial charge in [0.1, 0.15) is 11.8 Å². The molecule has 0 bridgehead atoms. The molecule has 0 fully saturated rings. The number of aryl methyl sites for hydroxylation is 1. The lowest BCUT2D eigenvalue weighted by Gasteiger charge is -2.11. The van der Waals surface area contributed by atoms with E-state index in [-0.39, 0.29) is 5.91 Å². The lowest BCUT2D eigenvalue weighted by atomic mass is 10.1. The van der Waals surface area contributed by atoms with Gasteiger partial charge in [0.05, 0.1) is 12.8 Å². The highest BCUT2D eigenvalue weighted by molar-refractivity contribution is 5.95. The van der Waals surface area contributed by atoms with E-state index in [9.17, 15) is 4.79 Å². The zero-order chi connectivity index (χ0) is 14.1. The second kappa shape index (κ2) is 4.97. The number of aromatic nitrogens is 2. The van der Waals surface area contributed by atoms with Gasteiger partial charge in [-0.15, -0.1) is 0 Å². The van der Waals surface area contributed by atoms with Crippen molar-refractivity contribution in [1.82, 2.24) is 9.78 Å². The van der Waals surface area contributed by atoms with Gasteiger partial charge in [-0.05, 0) is 23.8 Å². The Balaban J connectivity index is 1.72. The van der Waals surface area contributed by atoms with Crippen molar-refractivity contribution < 1.29 is 9.53 Å². The molecule has 20 heavy (non-hydrogen) atoms. The number of carbonyl (C=O) groups excluding carboxylic acids is 1. The van der Waals surface area contributed by atoms with Crippen LogP contribution in [0.2, 0.25) is 0 Å². The number of hydrogen-bond acceptors (Lipinski definition) is 4. The Hall–Kier alpha value is -2.34. The number of nitrogens with zero attached hydrogens (tertiary/aromatic N) is 2. The van der Waals surface area contributed by atoms with Gasteiger partial charge in [-0.25, -0.2) is 0 Å². The molecule has 3 N–H and O–H groups in total. The molecule has 2 aromatic rings. The summed E-state index contributed by atoms with van der Waals surface area (Å²) in [5.41, 5.74) is 8.46. The maximum absolute atomic E-state index is 12.1. The minimum absolute atomic E-state index is 0.253. The molecule has 0 saturated heterocycles. The fourth-order valence-corrected chi connectivity index (χ4v) is 2.24. The maximum Gasteiger partial charge on any atom is 0.246 e. The van der Waals surface area contributed by atoms with Gasteiger partial charge in [-0.2, -0.15) is 5.10 Å². The molecule has 6 nitrogen and oxygen atoms in total. The quantitative estimate of drug-likeness (QED) is 0.873. The first-order chi connectivity index (χ1) is 9.63. The number of ether oxygens (including phenoxy) is 1. The summed E-state index contributed by atoms with van der Waals surface area (Å²) >= 11 is 0. The van der Waals surface area contributed by atoms with Crippen LogP contribution >= 0.6 is 0 Å². The number of rotatable bonds is 3. The third kappa shape index (κ3) is 2.37. The van der Waals surface area contributed by atoms with Crippen LogP contribution in [0, 0.1) is 0 Å². The molecule has 1 aliphatic rings. The van der Waals surface area contributed by atoms with Crippen molar-refractivity contribution in [2.24, 2.45) is 12.8 Å². The molecule has 104 valence electrons. The normalized spacial score (nSPS) is 14.5. The molecule has 6 heteroatoms. The fraction of sp³-hybridized carbons (Fsp3) is 0.286. The second-order valence-corrected chi connectivity index (χ2v) is 4.84. The highest BCUT2D eigenvalue weighted by atomic mass is 16.5. The van der Waals surface area contributed by atoms with E-state index in [0.29, 0.717) is 12.2 Å². The van der Waals surface area contributed by atoms with Crippen molar-refractivity contribution in [1.29, 1.82) is 0 Å². The van der Waals surface area contributed by atoms with Crippen molar-refractivity contribution in [2.75, 3.05) is 11.9 Å². The molecule has 1 unspecified atom stereocenters. The zero-order valence-corrected chi connectivity index (χ0v) is 11.2. The second-order valence-electron chi connectivity index (χ2n) is 4.84. The number of benzene rings is 1. The molecule has 0 radical (unpaired) electrons. The topological polar surface area (TPSA) is 82.2 Å². The van der Waals surface area contributed by atoms with Gasteiger partial charge in [0.15, 0.2) is 0 Å². The third-order valence-electron chi connectivity index (χ3n) is 3.32. The summed E-state index contributed by atoms with van der Waals surface area (Å²) in [7, 11) is 1.79. The molecule has 3 rings (SSSR count). The summed E-state index contributed by atoms with van der Waals surface area (Å²) in [4.78, 5) is 12.1. The number of nitrogens with two attached hydrogens (primary N) is 1. The highest BCUT2D eigenvalue weighted by Crippen LogP contribution is 2.28. The highest BCUT2D eigenvalue weighted by Gasteiger charge is 2.18. The minimum atomic E-state index is -0.729. The predicted molar refractivity (Wildman–Crippen MR) is 74.4 cm³/mol. The van der Waals surface area contributed by atoms with Gasteiger partial charge in [0.2, 0.25) is 5.91 Å².